The molecule has 1 saturated heterocycles. The molecule has 0 aromatic rings. The van der Waals surface area contributed by atoms with Gasteiger partial charge in [0.05, 0.1) is 12.2 Å². The van der Waals surface area contributed by atoms with Crippen LogP contribution in [0, 0.1) is 11.8 Å². The Labute approximate surface area is 112 Å². The van der Waals surface area contributed by atoms with E-state index >= 15 is 0 Å². The molecule has 0 radical (unpaired) electrons. The normalized spacial score (nSPS) is 37.8. The standard InChI is InChI=1S/C15H30N2O/c1-11(2)7-16-8-14-5-6-15(14)17-9-12(3)18-13(4)10-17/h11-16H,5-10H2,1-4H3/t12-,13+,14?,15?. The van der Waals surface area contributed by atoms with Crippen molar-refractivity contribution in [2.45, 2.75) is 58.8 Å². The Kier molecular flexibility index (Phi) is 5.05. The van der Waals surface area contributed by atoms with Crippen molar-refractivity contribution in [1.29, 1.82) is 0 Å². The molecule has 3 heteroatoms. The van der Waals surface area contributed by atoms with Gasteiger partial charge in [-0.05, 0) is 51.6 Å². The molecular weight excluding hydrogens is 224 g/mol. The molecule has 0 aromatic carbocycles. The van der Waals surface area contributed by atoms with Gasteiger partial charge >= 0.3 is 0 Å². The van der Waals surface area contributed by atoms with E-state index < -0.39 is 0 Å². The molecule has 1 N–H and O–H groups in total. The number of nitrogens with one attached hydrogen (secondary N) is 1. The number of nitrogens with zero attached hydrogens (tertiary/aromatic N) is 1. The SMILES string of the molecule is CC(C)CNCC1CCC1N1C[C@@H](C)O[C@@H](C)C1. The van der Waals surface area contributed by atoms with Crippen molar-refractivity contribution in [2.75, 3.05) is 26.2 Å². The van der Waals surface area contributed by atoms with Crippen LogP contribution in [0.1, 0.15) is 40.5 Å². The van der Waals surface area contributed by atoms with Crippen LogP contribution in [0.2, 0.25) is 0 Å². The lowest BCUT2D eigenvalue weighted by Gasteiger charge is -2.48. The Morgan fingerprint density at radius 3 is 2.33 bits per heavy atom. The van der Waals surface area contributed by atoms with Crippen molar-refractivity contribution in [3.05, 3.63) is 0 Å². The Bertz CT molecular complexity index is 247. The number of hydrogen-bond donors (Lipinski definition) is 1. The third kappa shape index (κ3) is 3.69. The predicted octanol–water partition coefficient (Wildman–Crippen LogP) is 2.12. The van der Waals surface area contributed by atoms with Crippen LogP contribution < -0.4 is 5.32 Å². The highest BCUT2D eigenvalue weighted by Gasteiger charge is 2.38. The summed E-state index contributed by atoms with van der Waals surface area (Å²) >= 11 is 0. The summed E-state index contributed by atoms with van der Waals surface area (Å²) < 4.78 is 5.83. The molecule has 3 nitrogen and oxygen atoms in total. The van der Waals surface area contributed by atoms with Gasteiger partial charge in [-0.1, -0.05) is 13.8 Å². The van der Waals surface area contributed by atoms with Crippen LogP contribution in [0.3, 0.4) is 0 Å². The minimum atomic E-state index is 0.402. The van der Waals surface area contributed by atoms with E-state index in [-0.39, 0.29) is 0 Å². The maximum atomic E-state index is 5.83. The summed E-state index contributed by atoms with van der Waals surface area (Å²) in [5.74, 6) is 1.62. The molecule has 1 saturated carbocycles. The zero-order chi connectivity index (χ0) is 13.1. The first-order valence-corrected chi connectivity index (χ1v) is 7.66. The average molecular weight is 254 g/mol. The number of ether oxygens (including phenoxy) is 1. The smallest absolute Gasteiger partial charge is 0.0678 e. The molecule has 2 aliphatic rings. The summed E-state index contributed by atoms with van der Waals surface area (Å²) in [6.45, 7) is 13.5. The van der Waals surface area contributed by atoms with E-state index in [1.165, 1.54) is 19.4 Å². The second kappa shape index (κ2) is 6.36. The fourth-order valence-corrected chi connectivity index (χ4v) is 3.32. The van der Waals surface area contributed by atoms with Crippen molar-refractivity contribution in [3.63, 3.8) is 0 Å². The molecular formula is C15H30N2O. The topological polar surface area (TPSA) is 24.5 Å². The molecule has 4 atom stereocenters. The van der Waals surface area contributed by atoms with Gasteiger partial charge in [0.2, 0.25) is 0 Å². The molecule has 106 valence electrons. The molecule has 1 aliphatic heterocycles. The highest BCUT2D eigenvalue weighted by atomic mass is 16.5. The van der Waals surface area contributed by atoms with Gasteiger partial charge in [-0.3, -0.25) is 4.90 Å². The molecule has 0 amide bonds. The van der Waals surface area contributed by atoms with Gasteiger partial charge in [-0.2, -0.15) is 0 Å². The van der Waals surface area contributed by atoms with Gasteiger partial charge in [0.1, 0.15) is 0 Å². The first-order valence-electron chi connectivity index (χ1n) is 7.66. The lowest BCUT2D eigenvalue weighted by atomic mass is 9.78. The molecule has 0 aromatic heterocycles. The predicted molar refractivity (Wildman–Crippen MR) is 75.8 cm³/mol. The Balaban J connectivity index is 1.75. The highest BCUT2D eigenvalue weighted by molar-refractivity contribution is 4.92. The lowest BCUT2D eigenvalue weighted by molar-refractivity contribution is -0.100. The Morgan fingerprint density at radius 2 is 1.83 bits per heavy atom. The van der Waals surface area contributed by atoms with E-state index in [1.54, 1.807) is 0 Å². The molecule has 2 fully saturated rings. The van der Waals surface area contributed by atoms with Crippen LogP contribution in [0.15, 0.2) is 0 Å². The summed E-state index contributed by atoms with van der Waals surface area (Å²) in [7, 11) is 0. The zero-order valence-electron chi connectivity index (χ0n) is 12.5. The molecule has 2 unspecified atom stereocenters. The van der Waals surface area contributed by atoms with Crippen LogP contribution in [-0.2, 0) is 4.74 Å². The number of hydrogen-bond acceptors (Lipinski definition) is 3. The van der Waals surface area contributed by atoms with E-state index in [9.17, 15) is 0 Å². The van der Waals surface area contributed by atoms with Crippen molar-refractivity contribution in [1.82, 2.24) is 10.2 Å². The summed E-state index contributed by atoms with van der Waals surface area (Å²) in [6, 6.07) is 0.804. The van der Waals surface area contributed by atoms with E-state index in [0.29, 0.717) is 12.2 Å². The second-order valence-corrected chi connectivity index (χ2v) is 6.67. The molecule has 1 aliphatic carbocycles. The Morgan fingerprint density at radius 1 is 1.17 bits per heavy atom. The largest absolute Gasteiger partial charge is 0.373 e. The van der Waals surface area contributed by atoms with E-state index in [1.807, 2.05) is 0 Å². The summed E-state index contributed by atoms with van der Waals surface area (Å²) in [6.07, 6.45) is 3.58. The van der Waals surface area contributed by atoms with Gasteiger partial charge in [0, 0.05) is 19.1 Å². The van der Waals surface area contributed by atoms with Crippen LogP contribution in [-0.4, -0.2) is 49.3 Å². The van der Waals surface area contributed by atoms with E-state index in [2.05, 4.69) is 37.9 Å². The molecule has 18 heavy (non-hydrogen) atoms. The van der Waals surface area contributed by atoms with Crippen molar-refractivity contribution in [2.24, 2.45) is 11.8 Å². The minimum absolute atomic E-state index is 0.402. The van der Waals surface area contributed by atoms with E-state index in [4.69, 9.17) is 4.74 Å². The van der Waals surface area contributed by atoms with Crippen LogP contribution in [0.5, 0.6) is 0 Å². The third-order valence-corrected chi connectivity index (χ3v) is 4.25. The van der Waals surface area contributed by atoms with Gasteiger partial charge in [-0.15, -0.1) is 0 Å². The monoisotopic (exact) mass is 254 g/mol. The first kappa shape index (κ1) is 14.3. The van der Waals surface area contributed by atoms with Crippen LogP contribution in [0.4, 0.5) is 0 Å². The highest BCUT2D eigenvalue weighted by Crippen LogP contribution is 2.33. The molecule has 0 bridgehead atoms. The third-order valence-electron chi connectivity index (χ3n) is 4.25. The fourth-order valence-electron chi connectivity index (χ4n) is 3.32. The summed E-state index contributed by atoms with van der Waals surface area (Å²) in [5.41, 5.74) is 0. The first-order chi connectivity index (χ1) is 8.56. The van der Waals surface area contributed by atoms with Crippen molar-refractivity contribution < 1.29 is 4.74 Å². The summed E-state index contributed by atoms with van der Waals surface area (Å²) in [4.78, 5) is 2.67. The molecule has 2 rings (SSSR count). The molecule has 1 heterocycles. The quantitative estimate of drug-likeness (QED) is 0.813. The van der Waals surface area contributed by atoms with Gasteiger partial charge < -0.3 is 10.1 Å². The maximum absolute atomic E-state index is 5.83. The average Bonchev–Trinajstić information content (AvgIpc) is 2.20. The Hall–Kier alpha value is -0.120. The minimum Gasteiger partial charge on any atom is -0.373 e. The number of rotatable bonds is 5. The van der Waals surface area contributed by atoms with Gasteiger partial charge in [-0.25, -0.2) is 0 Å². The van der Waals surface area contributed by atoms with Crippen LogP contribution in [0.25, 0.3) is 0 Å². The van der Waals surface area contributed by atoms with Gasteiger partial charge in [0.15, 0.2) is 0 Å². The van der Waals surface area contributed by atoms with Gasteiger partial charge in [0.25, 0.3) is 0 Å². The van der Waals surface area contributed by atoms with Crippen LogP contribution >= 0.6 is 0 Å². The maximum Gasteiger partial charge on any atom is 0.0678 e. The lowest BCUT2D eigenvalue weighted by Crippen LogP contribution is -2.57. The molecule has 0 spiro atoms. The number of morpholine rings is 1. The van der Waals surface area contributed by atoms with Crippen molar-refractivity contribution in [3.8, 4) is 0 Å². The van der Waals surface area contributed by atoms with E-state index in [0.717, 1.165) is 37.5 Å². The van der Waals surface area contributed by atoms with Crippen molar-refractivity contribution >= 4 is 0 Å². The fraction of sp³-hybridized carbons (Fsp3) is 1.00. The second-order valence-electron chi connectivity index (χ2n) is 6.67. The zero-order valence-corrected chi connectivity index (χ0v) is 12.5. The summed E-state index contributed by atoms with van der Waals surface area (Å²) in [5, 5.41) is 3.62.